The molecule has 2 saturated heterocycles. The number of aliphatic hydroxyl groups excluding tert-OH is 2. The minimum absolute atomic E-state index is 0.0305. The normalized spacial score (nSPS) is 25.5. The van der Waals surface area contributed by atoms with Gasteiger partial charge in [0.15, 0.2) is 17.7 Å². The maximum Gasteiger partial charge on any atom is 0.481 e. The Labute approximate surface area is 316 Å². The summed E-state index contributed by atoms with van der Waals surface area (Å²) in [5.74, 6) is -1.71. The van der Waals surface area contributed by atoms with Crippen molar-refractivity contribution < 1.29 is 85.2 Å². The fourth-order valence-electron chi connectivity index (χ4n) is 5.09. The van der Waals surface area contributed by atoms with E-state index in [4.69, 9.17) is 24.3 Å². The third kappa shape index (κ3) is 12.7. The first kappa shape index (κ1) is 45.1. The maximum atomic E-state index is 12.7. The van der Waals surface area contributed by atoms with Crippen LogP contribution in [0.2, 0.25) is 0 Å². The average molecular weight is 866 g/mol. The Morgan fingerprint density at radius 2 is 1.76 bits per heavy atom. The fourth-order valence-corrected chi connectivity index (χ4v) is 8.88. The first-order valence-electron chi connectivity index (χ1n) is 16.2. The third-order valence-corrected chi connectivity index (χ3v) is 12.4. The summed E-state index contributed by atoms with van der Waals surface area (Å²) in [5.41, 5.74) is 4.26. The molecule has 29 heteroatoms. The van der Waals surface area contributed by atoms with Crippen molar-refractivity contribution in [1.82, 2.24) is 30.2 Å². The lowest BCUT2D eigenvalue weighted by Crippen LogP contribution is -2.46. The van der Waals surface area contributed by atoms with E-state index in [0.717, 1.165) is 17.2 Å². The number of aromatic nitrogens is 4. The van der Waals surface area contributed by atoms with Crippen LogP contribution in [0.1, 0.15) is 39.8 Å². The van der Waals surface area contributed by atoms with Crippen molar-refractivity contribution in [2.45, 2.75) is 74.8 Å². The van der Waals surface area contributed by atoms with Crippen LogP contribution in [0.15, 0.2) is 12.7 Å². The van der Waals surface area contributed by atoms with Crippen molar-refractivity contribution in [3.8, 4) is 0 Å². The zero-order chi connectivity index (χ0) is 40.9. The number of carbonyl (C=O) groups is 3. The van der Waals surface area contributed by atoms with Crippen LogP contribution >= 0.6 is 35.2 Å². The van der Waals surface area contributed by atoms with Gasteiger partial charge in [0.1, 0.15) is 41.5 Å². The van der Waals surface area contributed by atoms with Gasteiger partial charge in [0.25, 0.3) is 0 Å². The molecule has 0 bridgehead atoms. The van der Waals surface area contributed by atoms with E-state index in [9.17, 15) is 57.9 Å². The maximum absolute atomic E-state index is 12.7. The van der Waals surface area contributed by atoms with Crippen LogP contribution in [-0.4, -0.2) is 135 Å². The lowest BCUT2D eigenvalue weighted by molar-refractivity contribution is -0.141. The number of fused-ring (bicyclic) bond motifs is 1. The molecule has 310 valence electrons. The summed E-state index contributed by atoms with van der Waals surface area (Å²) in [6, 6.07) is 0. The molecule has 2 aromatic heterocycles. The number of nitrogens with one attached hydrogen (secondary N) is 2. The number of rotatable bonds is 21. The topological polar surface area (TPSA) is 373 Å². The molecule has 2 unspecified atom stereocenters. The number of amides is 2. The molecule has 0 spiro atoms. The van der Waals surface area contributed by atoms with Crippen LogP contribution < -0.4 is 16.4 Å². The number of imidazole rings is 1. The number of esters is 1. The summed E-state index contributed by atoms with van der Waals surface area (Å²) >= 11 is 1.44. The summed E-state index contributed by atoms with van der Waals surface area (Å²) in [5, 5.41) is 26.2. The molecule has 2 aliphatic rings. The zero-order valence-corrected chi connectivity index (χ0v) is 32.8. The van der Waals surface area contributed by atoms with Crippen molar-refractivity contribution in [1.29, 1.82) is 0 Å². The SMILES string of the molecule is CCOC(=O)[C@@H]1S[C@@H]1CCNC(=O)CCNC(=O)[C@H](O)C(C)(C)COP(=O)(O)OP(=O)(O)OC[C@H]1O[C@@H](n2cnc3c(N)ncnc32)[C@H](O)[C@@H]1OP(=O)(O)O. The van der Waals surface area contributed by atoms with E-state index in [0.29, 0.717) is 13.0 Å². The molecule has 4 rings (SSSR count). The molecule has 2 aromatic rings. The van der Waals surface area contributed by atoms with E-state index in [1.807, 2.05) is 0 Å². The number of carbonyl (C=O) groups excluding carboxylic acids is 3. The molecular weight excluding hydrogens is 823 g/mol. The number of ether oxygens (including phenoxy) is 2. The van der Waals surface area contributed by atoms with E-state index in [1.165, 1.54) is 25.6 Å². The van der Waals surface area contributed by atoms with Gasteiger partial charge >= 0.3 is 29.4 Å². The number of anilines is 1. The van der Waals surface area contributed by atoms with E-state index < -0.39 is 84.6 Å². The Hall–Kier alpha value is -2.64. The van der Waals surface area contributed by atoms with Gasteiger partial charge < -0.3 is 55.6 Å². The molecule has 10 N–H and O–H groups in total. The smallest absolute Gasteiger partial charge is 0.465 e. The molecule has 2 aliphatic heterocycles. The van der Waals surface area contributed by atoms with Gasteiger partial charge in [0.05, 0.1) is 26.1 Å². The molecule has 2 amide bonds. The highest BCUT2D eigenvalue weighted by Crippen LogP contribution is 2.61. The molecule has 25 nitrogen and oxygen atoms in total. The number of thioether (sulfide) groups is 1. The van der Waals surface area contributed by atoms with Crippen molar-refractivity contribution in [3.05, 3.63) is 12.7 Å². The van der Waals surface area contributed by atoms with E-state index >= 15 is 0 Å². The van der Waals surface area contributed by atoms with E-state index in [1.54, 1.807) is 6.92 Å². The highest BCUT2D eigenvalue weighted by atomic mass is 32.2. The van der Waals surface area contributed by atoms with Gasteiger partial charge in [-0.05, 0) is 13.3 Å². The number of aliphatic hydroxyl groups is 2. The predicted octanol–water partition coefficient (Wildman–Crippen LogP) is -1.16. The average Bonchev–Trinajstić information content (AvgIpc) is 3.63. The number of hydrogen-bond donors (Lipinski definition) is 9. The highest BCUT2D eigenvalue weighted by molar-refractivity contribution is 8.08. The Morgan fingerprint density at radius 3 is 2.44 bits per heavy atom. The van der Waals surface area contributed by atoms with Gasteiger partial charge in [0.2, 0.25) is 11.8 Å². The largest absolute Gasteiger partial charge is 0.481 e. The van der Waals surface area contributed by atoms with Crippen molar-refractivity contribution in [2.75, 3.05) is 38.6 Å². The quantitative estimate of drug-likeness (QED) is 0.0406. The van der Waals surface area contributed by atoms with Gasteiger partial charge in [-0.2, -0.15) is 4.31 Å². The first-order chi connectivity index (χ1) is 25.5. The molecule has 0 saturated carbocycles. The second-order valence-electron chi connectivity index (χ2n) is 12.7. The molecular formula is C26H42N7O18P3S. The zero-order valence-electron chi connectivity index (χ0n) is 29.3. The molecule has 2 fully saturated rings. The summed E-state index contributed by atoms with van der Waals surface area (Å²) in [7, 11) is -16.4. The molecule has 55 heavy (non-hydrogen) atoms. The minimum Gasteiger partial charge on any atom is -0.465 e. The Bertz CT molecular complexity index is 1850. The molecule has 4 heterocycles. The number of nitrogens with zero attached hydrogens (tertiary/aromatic N) is 4. The third-order valence-electron chi connectivity index (χ3n) is 7.93. The van der Waals surface area contributed by atoms with Gasteiger partial charge in [0, 0.05) is 30.2 Å². The second-order valence-corrected chi connectivity index (χ2v) is 18.3. The lowest BCUT2D eigenvalue weighted by Gasteiger charge is -2.30. The lowest BCUT2D eigenvalue weighted by atomic mass is 9.87. The Kier molecular flexibility index (Phi) is 15.0. The standard InChI is InChI=1S/C26H42N7O18P3S/c1-4-46-25(38)19-14(55-19)5-7-28-15(34)6-8-29-23(37)20(36)26(2,3)10-48-54(44,45)51-53(42,43)47-9-13-18(50-52(39,40)41)17(35)24(49-13)33-12-32-16-21(27)30-11-31-22(16)33/h11-14,17-20,24,35-36H,4-10H2,1-3H3,(H,28,34)(H,29,37)(H,42,43)(H,44,45)(H2,27,30,31)(H2,39,40,41)/t13-,14-,17-,18-,19-,20+,24-/m1/s1. The molecule has 0 radical (unpaired) electrons. The summed E-state index contributed by atoms with van der Waals surface area (Å²) in [4.78, 5) is 87.3. The van der Waals surface area contributed by atoms with Gasteiger partial charge in [-0.15, -0.1) is 11.8 Å². The second kappa shape index (κ2) is 18.3. The minimum atomic E-state index is -5.57. The first-order valence-corrected chi connectivity index (χ1v) is 21.7. The summed E-state index contributed by atoms with van der Waals surface area (Å²) in [6.45, 7) is 2.59. The molecule has 0 aromatic carbocycles. The number of phosphoric ester groups is 3. The predicted molar refractivity (Wildman–Crippen MR) is 186 cm³/mol. The number of nitrogen functional groups attached to an aromatic ring is 1. The summed E-state index contributed by atoms with van der Waals surface area (Å²) in [6.07, 6.45) is -6.34. The summed E-state index contributed by atoms with van der Waals surface area (Å²) < 4.78 is 67.0. The van der Waals surface area contributed by atoms with E-state index in [-0.39, 0.29) is 53.0 Å². The van der Waals surface area contributed by atoms with Crippen LogP contribution in [0.4, 0.5) is 5.82 Å². The van der Waals surface area contributed by atoms with Gasteiger partial charge in [-0.3, -0.25) is 32.5 Å². The number of hydrogen-bond acceptors (Lipinski definition) is 19. The van der Waals surface area contributed by atoms with Gasteiger partial charge in [-0.1, -0.05) is 13.8 Å². The van der Waals surface area contributed by atoms with Crippen LogP contribution in [0.5, 0.6) is 0 Å². The van der Waals surface area contributed by atoms with Crippen molar-refractivity contribution in [3.63, 3.8) is 0 Å². The van der Waals surface area contributed by atoms with Crippen LogP contribution in [-0.2, 0) is 55.4 Å². The number of phosphoric acid groups is 3. The van der Waals surface area contributed by atoms with E-state index in [2.05, 4.69) is 34.4 Å². The van der Waals surface area contributed by atoms with Crippen LogP contribution in [0, 0.1) is 5.41 Å². The Balaban J connectivity index is 1.24. The van der Waals surface area contributed by atoms with Crippen LogP contribution in [0.25, 0.3) is 11.2 Å². The van der Waals surface area contributed by atoms with Crippen molar-refractivity contribution >= 4 is 70.0 Å². The Morgan fingerprint density at radius 1 is 1.07 bits per heavy atom. The van der Waals surface area contributed by atoms with Gasteiger partial charge in [-0.25, -0.2) is 28.6 Å². The number of nitrogens with two attached hydrogens (primary N) is 1. The molecule has 9 atom stereocenters. The van der Waals surface area contributed by atoms with Crippen molar-refractivity contribution in [2.24, 2.45) is 5.41 Å². The monoisotopic (exact) mass is 865 g/mol. The fraction of sp³-hybridized carbons (Fsp3) is 0.692. The van der Waals surface area contributed by atoms with Crippen LogP contribution in [0.3, 0.4) is 0 Å². The molecule has 0 aliphatic carbocycles. The highest BCUT2D eigenvalue weighted by Gasteiger charge is 2.50.